The maximum Gasteiger partial charge on any atom is 0.0656 e. The summed E-state index contributed by atoms with van der Waals surface area (Å²) < 4.78 is 0. The summed E-state index contributed by atoms with van der Waals surface area (Å²) >= 11 is 0. The molecule has 78 valence electrons. The van der Waals surface area contributed by atoms with E-state index in [1.54, 1.807) is 0 Å². The minimum absolute atomic E-state index is 0.760. The van der Waals surface area contributed by atoms with Crippen molar-refractivity contribution >= 4 is 0 Å². The van der Waals surface area contributed by atoms with Gasteiger partial charge in [-0.2, -0.15) is 5.10 Å². The van der Waals surface area contributed by atoms with Crippen LogP contribution in [-0.4, -0.2) is 16.7 Å². The monoisotopic (exact) mass is 193 g/mol. The highest BCUT2D eigenvalue weighted by molar-refractivity contribution is 5.17. The smallest absolute Gasteiger partial charge is 0.0656 e. The Balaban J connectivity index is 1.72. The summed E-state index contributed by atoms with van der Waals surface area (Å²) in [7, 11) is 0. The van der Waals surface area contributed by atoms with E-state index < -0.39 is 0 Å². The number of aromatic nitrogens is 2. The Bertz CT molecular complexity index is 276. The van der Waals surface area contributed by atoms with Gasteiger partial charge < -0.3 is 5.32 Å². The first-order chi connectivity index (χ1) is 6.90. The molecule has 0 aliphatic heterocycles. The van der Waals surface area contributed by atoms with Gasteiger partial charge in [-0.25, -0.2) is 0 Å². The fourth-order valence-corrected chi connectivity index (χ4v) is 1.58. The van der Waals surface area contributed by atoms with Crippen molar-refractivity contribution in [2.45, 2.75) is 45.1 Å². The van der Waals surface area contributed by atoms with E-state index in [0.29, 0.717) is 0 Å². The van der Waals surface area contributed by atoms with Crippen LogP contribution >= 0.6 is 0 Å². The van der Waals surface area contributed by atoms with Gasteiger partial charge in [0.25, 0.3) is 0 Å². The first kappa shape index (κ1) is 9.71. The lowest BCUT2D eigenvalue weighted by atomic mass is 10.2. The zero-order chi connectivity index (χ0) is 9.80. The average molecular weight is 193 g/mol. The molecule has 2 N–H and O–H groups in total. The summed E-state index contributed by atoms with van der Waals surface area (Å²) in [6.07, 6.45) is 5.16. The van der Waals surface area contributed by atoms with Gasteiger partial charge in [0.2, 0.25) is 0 Å². The molecule has 1 aliphatic rings. The summed E-state index contributed by atoms with van der Waals surface area (Å²) in [6, 6.07) is 2.20. The zero-order valence-electron chi connectivity index (χ0n) is 8.84. The van der Waals surface area contributed by atoms with Crippen LogP contribution in [0.5, 0.6) is 0 Å². The second-order valence-electron chi connectivity index (χ2n) is 4.12. The highest BCUT2D eigenvalue weighted by Crippen LogP contribution is 2.38. The zero-order valence-corrected chi connectivity index (χ0v) is 8.84. The fraction of sp³-hybridized carbons (Fsp3) is 0.727. The molecule has 0 saturated heterocycles. The van der Waals surface area contributed by atoms with E-state index in [0.717, 1.165) is 19.0 Å². The van der Waals surface area contributed by atoms with Gasteiger partial charge in [0.1, 0.15) is 0 Å². The Morgan fingerprint density at radius 2 is 2.43 bits per heavy atom. The molecule has 1 aromatic rings. The maximum absolute atomic E-state index is 4.31. The second-order valence-corrected chi connectivity index (χ2v) is 4.12. The van der Waals surface area contributed by atoms with Crippen molar-refractivity contribution in [3.05, 3.63) is 17.5 Å². The molecule has 1 heterocycles. The summed E-state index contributed by atoms with van der Waals surface area (Å²) in [5.41, 5.74) is 2.49. The number of H-pyrrole nitrogens is 1. The number of rotatable bonds is 6. The van der Waals surface area contributed by atoms with E-state index in [9.17, 15) is 0 Å². The van der Waals surface area contributed by atoms with Crippen molar-refractivity contribution in [1.82, 2.24) is 15.5 Å². The van der Waals surface area contributed by atoms with Gasteiger partial charge in [-0.1, -0.05) is 13.3 Å². The molecular weight excluding hydrogens is 174 g/mol. The molecule has 3 nitrogen and oxygen atoms in total. The molecule has 0 bridgehead atoms. The number of hydrogen-bond acceptors (Lipinski definition) is 2. The Morgan fingerprint density at radius 3 is 3.14 bits per heavy atom. The van der Waals surface area contributed by atoms with Gasteiger partial charge in [-0.05, 0) is 31.9 Å². The lowest BCUT2D eigenvalue weighted by Crippen LogP contribution is -2.14. The van der Waals surface area contributed by atoms with Crippen molar-refractivity contribution in [3.8, 4) is 0 Å². The molecule has 0 unspecified atom stereocenters. The highest BCUT2D eigenvalue weighted by atomic mass is 15.1. The largest absolute Gasteiger partial charge is 0.311 e. The van der Waals surface area contributed by atoms with Crippen molar-refractivity contribution in [3.63, 3.8) is 0 Å². The molecule has 1 aromatic heterocycles. The second kappa shape index (κ2) is 4.60. The summed E-state index contributed by atoms with van der Waals surface area (Å²) in [4.78, 5) is 0. The van der Waals surface area contributed by atoms with E-state index in [2.05, 4.69) is 28.5 Å². The Hall–Kier alpha value is -0.830. The van der Waals surface area contributed by atoms with Crippen LogP contribution in [0.15, 0.2) is 6.07 Å². The van der Waals surface area contributed by atoms with Crippen molar-refractivity contribution in [2.24, 2.45) is 0 Å². The van der Waals surface area contributed by atoms with Crippen LogP contribution < -0.4 is 5.32 Å². The number of nitrogens with zero attached hydrogens (tertiary/aromatic N) is 1. The van der Waals surface area contributed by atoms with Crippen LogP contribution in [0.1, 0.15) is 49.9 Å². The van der Waals surface area contributed by atoms with Crippen LogP contribution in [0.25, 0.3) is 0 Å². The minimum atomic E-state index is 0.760. The molecule has 0 radical (unpaired) electrons. The number of nitrogens with one attached hydrogen (secondary N) is 2. The van der Waals surface area contributed by atoms with Crippen LogP contribution in [0, 0.1) is 0 Å². The van der Waals surface area contributed by atoms with E-state index in [4.69, 9.17) is 0 Å². The molecule has 1 aliphatic carbocycles. The van der Waals surface area contributed by atoms with Crippen molar-refractivity contribution < 1.29 is 0 Å². The third-order valence-electron chi connectivity index (χ3n) is 2.67. The summed E-state index contributed by atoms with van der Waals surface area (Å²) in [5, 5.41) is 10.8. The molecule has 0 atom stereocenters. The number of hydrogen-bond donors (Lipinski definition) is 2. The minimum Gasteiger partial charge on any atom is -0.311 e. The lowest BCUT2D eigenvalue weighted by Gasteiger charge is -1.99. The van der Waals surface area contributed by atoms with Crippen LogP contribution in [-0.2, 0) is 6.54 Å². The third kappa shape index (κ3) is 2.58. The van der Waals surface area contributed by atoms with Gasteiger partial charge in [-0.3, -0.25) is 5.10 Å². The van der Waals surface area contributed by atoms with Crippen molar-refractivity contribution in [2.75, 3.05) is 6.54 Å². The topological polar surface area (TPSA) is 40.7 Å². The molecule has 0 spiro atoms. The first-order valence-corrected chi connectivity index (χ1v) is 5.65. The van der Waals surface area contributed by atoms with Crippen LogP contribution in [0.3, 0.4) is 0 Å². The first-order valence-electron chi connectivity index (χ1n) is 5.65. The molecule has 1 fully saturated rings. The summed E-state index contributed by atoms with van der Waals surface area (Å²) in [6.45, 7) is 4.25. The molecule has 0 amide bonds. The quantitative estimate of drug-likeness (QED) is 0.680. The maximum atomic E-state index is 4.31. The predicted octanol–water partition coefficient (Wildman–Crippen LogP) is 2.18. The van der Waals surface area contributed by atoms with Crippen LogP contribution in [0.4, 0.5) is 0 Å². The van der Waals surface area contributed by atoms with E-state index >= 15 is 0 Å². The molecular formula is C11H19N3. The molecule has 3 heteroatoms. The fourth-order valence-electron chi connectivity index (χ4n) is 1.58. The summed E-state index contributed by atoms with van der Waals surface area (Å²) in [5.74, 6) is 0.760. The van der Waals surface area contributed by atoms with Crippen molar-refractivity contribution in [1.29, 1.82) is 0 Å². The van der Waals surface area contributed by atoms with Gasteiger partial charge in [0, 0.05) is 18.2 Å². The Kier molecular flexibility index (Phi) is 3.19. The molecule has 1 saturated carbocycles. The van der Waals surface area contributed by atoms with Gasteiger partial charge >= 0.3 is 0 Å². The van der Waals surface area contributed by atoms with Gasteiger partial charge in [0.05, 0.1) is 5.69 Å². The lowest BCUT2D eigenvalue weighted by molar-refractivity contribution is 0.632. The van der Waals surface area contributed by atoms with E-state index in [1.165, 1.54) is 37.1 Å². The third-order valence-corrected chi connectivity index (χ3v) is 2.67. The van der Waals surface area contributed by atoms with E-state index in [1.807, 2.05) is 0 Å². The van der Waals surface area contributed by atoms with Crippen LogP contribution in [0.2, 0.25) is 0 Å². The Labute approximate surface area is 85.3 Å². The van der Waals surface area contributed by atoms with Gasteiger partial charge in [0.15, 0.2) is 0 Å². The highest BCUT2D eigenvalue weighted by Gasteiger charge is 2.25. The Morgan fingerprint density at radius 1 is 1.57 bits per heavy atom. The number of unbranched alkanes of at least 4 members (excludes halogenated alkanes) is 1. The van der Waals surface area contributed by atoms with E-state index in [-0.39, 0.29) is 0 Å². The predicted molar refractivity (Wildman–Crippen MR) is 57.2 cm³/mol. The molecule has 0 aromatic carbocycles. The number of aromatic amines is 1. The normalized spacial score (nSPS) is 16.1. The molecule has 14 heavy (non-hydrogen) atoms. The molecule has 2 rings (SSSR count). The van der Waals surface area contributed by atoms with Gasteiger partial charge in [-0.15, -0.1) is 0 Å². The average Bonchev–Trinajstić information content (AvgIpc) is 2.94. The SMILES string of the molecule is CCCCNCc1cc(C2CC2)n[nH]1. The standard InChI is InChI=1S/C11H19N3/c1-2-3-6-12-8-10-7-11(14-13-10)9-4-5-9/h7,9,12H,2-6,8H2,1H3,(H,13,14).